The van der Waals surface area contributed by atoms with E-state index in [4.69, 9.17) is 0 Å². The van der Waals surface area contributed by atoms with Gasteiger partial charge >= 0.3 is 0 Å². The van der Waals surface area contributed by atoms with E-state index in [0.29, 0.717) is 0 Å². The SMILES string of the molecule is CC(C)C(NC(=O)c1ccc(F)cc1)C(=O)NN=Cc1cccc2ccccc12. The fourth-order valence-corrected chi connectivity index (χ4v) is 2.96. The summed E-state index contributed by atoms with van der Waals surface area (Å²) in [5.74, 6) is -1.46. The Hall–Kier alpha value is -3.54. The van der Waals surface area contributed by atoms with Crippen LogP contribution in [0.25, 0.3) is 10.8 Å². The number of benzene rings is 3. The molecule has 3 rings (SSSR count). The molecule has 0 bridgehead atoms. The lowest BCUT2D eigenvalue weighted by atomic mass is 10.0. The van der Waals surface area contributed by atoms with Gasteiger partial charge < -0.3 is 5.32 Å². The molecule has 0 fully saturated rings. The number of carbonyl (C=O) groups is 2. The molecule has 3 aromatic rings. The summed E-state index contributed by atoms with van der Waals surface area (Å²) in [4.78, 5) is 24.9. The summed E-state index contributed by atoms with van der Waals surface area (Å²) in [6.45, 7) is 3.65. The lowest BCUT2D eigenvalue weighted by Crippen LogP contribution is -2.48. The summed E-state index contributed by atoms with van der Waals surface area (Å²) in [6, 6.07) is 18.1. The van der Waals surface area contributed by atoms with E-state index in [1.165, 1.54) is 24.3 Å². The van der Waals surface area contributed by atoms with E-state index >= 15 is 0 Å². The molecular weight excluding hydrogens is 369 g/mol. The van der Waals surface area contributed by atoms with Gasteiger partial charge in [0.2, 0.25) is 0 Å². The molecule has 2 amide bonds. The fraction of sp³-hybridized carbons (Fsp3) is 0.174. The van der Waals surface area contributed by atoms with Crippen molar-refractivity contribution in [2.45, 2.75) is 19.9 Å². The number of hydrazone groups is 1. The second-order valence-electron chi connectivity index (χ2n) is 7.00. The molecule has 2 N–H and O–H groups in total. The first-order valence-corrected chi connectivity index (χ1v) is 9.33. The molecule has 29 heavy (non-hydrogen) atoms. The van der Waals surface area contributed by atoms with Gasteiger partial charge in [0, 0.05) is 11.1 Å². The standard InChI is InChI=1S/C23H22FN3O2/c1-15(2)21(26-22(28)17-10-12-19(24)13-11-17)23(29)27-25-14-18-8-5-7-16-6-3-4-9-20(16)18/h3-15,21H,1-2H3,(H,26,28)(H,27,29). The molecule has 1 atom stereocenters. The molecule has 0 aliphatic rings. The van der Waals surface area contributed by atoms with Crippen LogP contribution >= 0.6 is 0 Å². The van der Waals surface area contributed by atoms with Gasteiger partial charge in [0.1, 0.15) is 11.9 Å². The van der Waals surface area contributed by atoms with Gasteiger partial charge in [-0.3, -0.25) is 9.59 Å². The van der Waals surface area contributed by atoms with E-state index in [1.807, 2.05) is 56.3 Å². The van der Waals surface area contributed by atoms with Crippen LogP contribution in [-0.2, 0) is 4.79 Å². The Morgan fingerprint density at radius 1 is 0.966 bits per heavy atom. The van der Waals surface area contributed by atoms with Gasteiger partial charge in [0.15, 0.2) is 0 Å². The van der Waals surface area contributed by atoms with E-state index in [1.54, 1.807) is 6.21 Å². The molecule has 5 nitrogen and oxygen atoms in total. The van der Waals surface area contributed by atoms with Crippen molar-refractivity contribution in [1.29, 1.82) is 0 Å². The number of halogens is 1. The van der Waals surface area contributed by atoms with Crippen molar-refractivity contribution in [1.82, 2.24) is 10.7 Å². The third-order valence-electron chi connectivity index (χ3n) is 4.54. The van der Waals surface area contributed by atoms with E-state index in [9.17, 15) is 14.0 Å². The zero-order chi connectivity index (χ0) is 20.8. The number of nitrogens with one attached hydrogen (secondary N) is 2. The molecule has 6 heteroatoms. The maximum Gasteiger partial charge on any atom is 0.262 e. The van der Waals surface area contributed by atoms with Crippen LogP contribution in [0.2, 0.25) is 0 Å². The maximum absolute atomic E-state index is 13.0. The van der Waals surface area contributed by atoms with Crippen LogP contribution in [0.4, 0.5) is 4.39 Å². The number of fused-ring (bicyclic) bond motifs is 1. The Kier molecular flexibility index (Phi) is 6.34. The third kappa shape index (κ3) is 5.04. The van der Waals surface area contributed by atoms with Gasteiger partial charge in [0.05, 0.1) is 6.21 Å². The molecule has 0 aliphatic carbocycles. The van der Waals surface area contributed by atoms with E-state index in [2.05, 4.69) is 15.8 Å². The smallest absolute Gasteiger partial charge is 0.262 e. The van der Waals surface area contributed by atoms with E-state index < -0.39 is 23.7 Å². The molecule has 0 aliphatic heterocycles. The normalized spacial score (nSPS) is 12.3. The van der Waals surface area contributed by atoms with Crippen molar-refractivity contribution in [3.63, 3.8) is 0 Å². The van der Waals surface area contributed by atoms with Gasteiger partial charge in [-0.25, -0.2) is 9.82 Å². The van der Waals surface area contributed by atoms with Gasteiger partial charge in [-0.05, 0) is 41.0 Å². The zero-order valence-electron chi connectivity index (χ0n) is 16.2. The van der Waals surface area contributed by atoms with Gasteiger partial charge in [0.25, 0.3) is 11.8 Å². The van der Waals surface area contributed by atoms with Gasteiger partial charge in [-0.15, -0.1) is 0 Å². The highest BCUT2D eigenvalue weighted by Crippen LogP contribution is 2.16. The Morgan fingerprint density at radius 3 is 2.38 bits per heavy atom. The largest absolute Gasteiger partial charge is 0.340 e. The van der Waals surface area contributed by atoms with Crippen LogP contribution in [-0.4, -0.2) is 24.1 Å². The Labute approximate surface area is 168 Å². The monoisotopic (exact) mass is 391 g/mol. The summed E-state index contributed by atoms with van der Waals surface area (Å²) in [6.07, 6.45) is 1.58. The van der Waals surface area contributed by atoms with Crippen molar-refractivity contribution >= 4 is 28.8 Å². The minimum Gasteiger partial charge on any atom is -0.340 e. The van der Waals surface area contributed by atoms with Crippen molar-refractivity contribution in [3.8, 4) is 0 Å². The molecule has 0 saturated heterocycles. The number of nitrogens with zero attached hydrogens (tertiary/aromatic N) is 1. The second-order valence-corrected chi connectivity index (χ2v) is 7.00. The number of carbonyl (C=O) groups excluding carboxylic acids is 2. The zero-order valence-corrected chi connectivity index (χ0v) is 16.2. The van der Waals surface area contributed by atoms with Crippen LogP contribution in [0.1, 0.15) is 29.8 Å². The summed E-state index contributed by atoms with van der Waals surface area (Å²) in [5.41, 5.74) is 3.66. The summed E-state index contributed by atoms with van der Waals surface area (Å²) >= 11 is 0. The number of hydrogen-bond donors (Lipinski definition) is 2. The van der Waals surface area contributed by atoms with E-state index in [0.717, 1.165) is 16.3 Å². The lowest BCUT2D eigenvalue weighted by molar-refractivity contribution is -0.123. The molecule has 1 unspecified atom stereocenters. The molecule has 3 aromatic carbocycles. The average Bonchev–Trinajstić information content (AvgIpc) is 2.72. The van der Waals surface area contributed by atoms with Crippen molar-refractivity contribution in [3.05, 3.63) is 83.7 Å². The first kappa shape index (κ1) is 20.2. The maximum atomic E-state index is 13.0. The predicted octanol–water partition coefficient (Wildman–Crippen LogP) is 3.88. The molecular formula is C23H22FN3O2. The minimum atomic E-state index is -0.780. The quantitative estimate of drug-likeness (QED) is 0.494. The van der Waals surface area contributed by atoms with E-state index in [-0.39, 0.29) is 11.5 Å². The fourth-order valence-electron chi connectivity index (χ4n) is 2.96. The molecule has 0 spiro atoms. The minimum absolute atomic E-state index is 0.160. The molecule has 0 saturated carbocycles. The van der Waals surface area contributed by atoms with Gasteiger partial charge in [-0.2, -0.15) is 5.10 Å². The van der Waals surface area contributed by atoms with Crippen LogP contribution in [0.5, 0.6) is 0 Å². The summed E-state index contributed by atoms with van der Waals surface area (Å²) in [7, 11) is 0. The highest BCUT2D eigenvalue weighted by Gasteiger charge is 2.24. The first-order valence-electron chi connectivity index (χ1n) is 9.33. The van der Waals surface area contributed by atoms with Gasteiger partial charge in [-0.1, -0.05) is 56.3 Å². The lowest BCUT2D eigenvalue weighted by Gasteiger charge is -2.20. The van der Waals surface area contributed by atoms with Crippen LogP contribution in [0.3, 0.4) is 0 Å². The predicted molar refractivity (Wildman–Crippen MR) is 112 cm³/mol. The Bertz CT molecular complexity index is 1040. The molecule has 0 aromatic heterocycles. The molecule has 0 heterocycles. The number of rotatable bonds is 6. The third-order valence-corrected chi connectivity index (χ3v) is 4.54. The first-order chi connectivity index (χ1) is 14.0. The highest BCUT2D eigenvalue weighted by molar-refractivity contribution is 6.00. The molecule has 148 valence electrons. The number of hydrogen-bond acceptors (Lipinski definition) is 3. The number of amides is 2. The molecule has 0 radical (unpaired) electrons. The summed E-state index contributed by atoms with van der Waals surface area (Å²) in [5, 5.41) is 8.85. The van der Waals surface area contributed by atoms with Crippen molar-refractivity contribution in [2.75, 3.05) is 0 Å². The van der Waals surface area contributed by atoms with Crippen LogP contribution < -0.4 is 10.7 Å². The highest BCUT2D eigenvalue weighted by atomic mass is 19.1. The average molecular weight is 391 g/mol. The Balaban J connectivity index is 1.68. The van der Waals surface area contributed by atoms with Crippen molar-refractivity contribution in [2.24, 2.45) is 11.0 Å². The van der Waals surface area contributed by atoms with Crippen LogP contribution in [0, 0.1) is 11.7 Å². The topological polar surface area (TPSA) is 70.6 Å². The second kappa shape index (κ2) is 9.10. The summed E-state index contributed by atoms with van der Waals surface area (Å²) < 4.78 is 13.0. The Morgan fingerprint density at radius 2 is 1.66 bits per heavy atom. The van der Waals surface area contributed by atoms with Crippen molar-refractivity contribution < 1.29 is 14.0 Å². The van der Waals surface area contributed by atoms with Crippen LogP contribution in [0.15, 0.2) is 71.8 Å².